The largest absolute Gasteiger partial charge is 0.396 e. The fourth-order valence-electron chi connectivity index (χ4n) is 0.728. The first-order valence-electron chi connectivity index (χ1n) is 3.54. The van der Waals surface area contributed by atoms with Crippen LogP contribution in [0.4, 0.5) is 0 Å². The maximum absolute atomic E-state index is 8.45. The molecule has 0 aliphatic rings. The molecule has 2 nitrogen and oxygen atoms in total. The van der Waals surface area contributed by atoms with Gasteiger partial charge in [-0.25, -0.2) is 0 Å². The maximum atomic E-state index is 8.45. The molecule has 58 valence electrons. The first-order valence-corrected chi connectivity index (χ1v) is 3.54. The lowest BCUT2D eigenvalue weighted by Gasteiger charge is -2.11. The highest BCUT2D eigenvalue weighted by atomic mass is 16.2. The molecule has 1 N–H and O–H groups in total. The average Bonchev–Trinajstić information content (AvgIpc) is 1.89. The zero-order valence-electron chi connectivity index (χ0n) is 6.51. The molecule has 0 rings (SSSR count). The zero-order chi connectivity index (χ0) is 7.82. The minimum Gasteiger partial charge on any atom is -0.396 e. The molecule has 0 aliphatic carbocycles. The fourth-order valence-corrected chi connectivity index (χ4v) is 0.728. The van der Waals surface area contributed by atoms with Gasteiger partial charge < -0.3 is 5.11 Å². The maximum Gasteiger partial charge on any atom is 0.0596 e. The van der Waals surface area contributed by atoms with E-state index < -0.39 is 0 Å². The molecule has 0 aromatic carbocycles. The molecule has 0 heterocycles. The van der Waals surface area contributed by atoms with E-state index in [1.54, 1.807) is 0 Å². The van der Waals surface area contributed by atoms with Crippen LogP contribution in [0.1, 0.15) is 12.8 Å². The summed E-state index contributed by atoms with van der Waals surface area (Å²) in [6.07, 6.45) is 6.99. The van der Waals surface area contributed by atoms with Crippen molar-refractivity contribution < 1.29 is 5.11 Å². The summed E-state index contributed by atoms with van der Waals surface area (Å²) in [6, 6.07) is 0. The topological polar surface area (TPSA) is 23.5 Å². The molecular formula is C8H15NO. The van der Waals surface area contributed by atoms with Crippen LogP contribution in [0, 0.1) is 12.3 Å². The molecule has 10 heavy (non-hydrogen) atoms. The van der Waals surface area contributed by atoms with Crippen molar-refractivity contribution >= 4 is 0 Å². The van der Waals surface area contributed by atoms with Gasteiger partial charge >= 0.3 is 0 Å². The number of rotatable bonds is 5. The van der Waals surface area contributed by atoms with Crippen molar-refractivity contribution in [3.8, 4) is 12.3 Å². The van der Waals surface area contributed by atoms with Crippen LogP contribution in [-0.2, 0) is 0 Å². The third kappa shape index (κ3) is 5.61. The Balaban J connectivity index is 3.06. The second-order valence-corrected chi connectivity index (χ2v) is 2.37. The fraction of sp³-hybridized carbons (Fsp3) is 0.750. The van der Waals surface area contributed by atoms with Crippen LogP contribution in [0.2, 0.25) is 0 Å². The lowest BCUT2D eigenvalue weighted by atomic mass is 10.3. The summed E-state index contributed by atoms with van der Waals surface area (Å²) in [6.45, 7) is 1.96. The first kappa shape index (κ1) is 9.48. The Labute approximate surface area is 62.8 Å². The molecule has 0 unspecified atom stereocenters. The standard InChI is InChI=1S/C8H15NO/c1-3-6-9(2)7-4-5-8-10/h1,10H,4-8H2,2H3. The molecule has 0 aromatic heterocycles. The molecule has 0 amide bonds. The van der Waals surface area contributed by atoms with Gasteiger partial charge in [-0.05, 0) is 26.4 Å². The highest BCUT2D eigenvalue weighted by Crippen LogP contribution is 1.89. The predicted octanol–water partition coefficient (Wildman–Crippen LogP) is 0.324. The van der Waals surface area contributed by atoms with Crippen molar-refractivity contribution in [1.82, 2.24) is 4.90 Å². The van der Waals surface area contributed by atoms with Crippen molar-refractivity contribution in [2.45, 2.75) is 12.8 Å². The van der Waals surface area contributed by atoms with Crippen LogP contribution >= 0.6 is 0 Å². The zero-order valence-corrected chi connectivity index (χ0v) is 6.51. The van der Waals surface area contributed by atoms with Gasteiger partial charge in [0, 0.05) is 6.61 Å². The summed E-state index contributed by atoms with van der Waals surface area (Å²) < 4.78 is 0. The van der Waals surface area contributed by atoms with Gasteiger partial charge in [-0.2, -0.15) is 0 Å². The molecule has 0 radical (unpaired) electrons. The average molecular weight is 141 g/mol. The Morgan fingerprint density at radius 2 is 2.20 bits per heavy atom. The summed E-state index contributed by atoms with van der Waals surface area (Å²) in [7, 11) is 1.98. The minimum absolute atomic E-state index is 0.282. The summed E-state index contributed by atoms with van der Waals surface area (Å²) in [5.74, 6) is 2.56. The molecule has 2 heteroatoms. The van der Waals surface area contributed by atoms with E-state index in [0.717, 1.165) is 19.4 Å². The summed E-state index contributed by atoms with van der Waals surface area (Å²) >= 11 is 0. The van der Waals surface area contributed by atoms with Crippen LogP contribution in [0.15, 0.2) is 0 Å². The number of aliphatic hydroxyl groups is 1. The minimum atomic E-state index is 0.282. The Bertz CT molecular complexity index is 106. The number of unbranched alkanes of at least 4 members (excludes halogenated alkanes) is 1. The number of terminal acetylenes is 1. The molecule has 0 saturated carbocycles. The van der Waals surface area contributed by atoms with Crippen molar-refractivity contribution in [3.63, 3.8) is 0 Å². The van der Waals surface area contributed by atoms with E-state index in [4.69, 9.17) is 11.5 Å². The molecule has 0 atom stereocenters. The molecule has 0 aromatic rings. The smallest absolute Gasteiger partial charge is 0.0596 e. The molecule has 0 saturated heterocycles. The predicted molar refractivity (Wildman–Crippen MR) is 42.6 cm³/mol. The summed E-state index contributed by atoms with van der Waals surface area (Å²) in [5.41, 5.74) is 0. The SMILES string of the molecule is C#CCN(C)CCCCO. The van der Waals surface area contributed by atoms with Gasteiger partial charge in [-0.15, -0.1) is 6.42 Å². The van der Waals surface area contributed by atoms with E-state index in [1.807, 2.05) is 7.05 Å². The molecule has 0 aliphatic heterocycles. The Kier molecular flexibility index (Phi) is 6.25. The Morgan fingerprint density at radius 1 is 1.50 bits per heavy atom. The van der Waals surface area contributed by atoms with Crippen LogP contribution in [-0.4, -0.2) is 36.8 Å². The van der Waals surface area contributed by atoms with Gasteiger partial charge in [0.15, 0.2) is 0 Å². The number of hydrogen-bond donors (Lipinski definition) is 1. The molecule has 0 spiro atoms. The summed E-state index contributed by atoms with van der Waals surface area (Å²) in [5, 5.41) is 8.45. The lowest BCUT2D eigenvalue weighted by molar-refractivity contribution is 0.270. The van der Waals surface area contributed by atoms with Crippen molar-refractivity contribution in [2.24, 2.45) is 0 Å². The molecule has 0 fully saturated rings. The van der Waals surface area contributed by atoms with Gasteiger partial charge in [0.2, 0.25) is 0 Å². The van der Waals surface area contributed by atoms with Gasteiger partial charge in [0.05, 0.1) is 6.54 Å². The monoisotopic (exact) mass is 141 g/mol. The number of nitrogens with zero attached hydrogens (tertiary/aromatic N) is 1. The first-order chi connectivity index (χ1) is 4.81. The van der Waals surface area contributed by atoms with Crippen LogP contribution < -0.4 is 0 Å². The lowest BCUT2D eigenvalue weighted by Crippen LogP contribution is -2.19. The Hall–Kier alpha value is -0.520. The highest BCUT2D eigenvalue weighted by molar-refractivity contribution is 4.86. The van der Waals surface area contributed by atoms with Crippen molar-refractivity contribution in [1.29, 1.82) is 0 Å². The number of hydrogen-bond acceptors (Lipinski definition) is 2. The second-order valence-electron chi connectivity index (χ2n) is 2.37. The third-order valence-electron chi connectivity index (χ3n) is 1.31. The van der Waals surface area contributed by atoms with Crippen LogP contribution in [0.3, 0.4) is 0 Å². The van der Waals surface area contributed by atoms with Crippen LogP contribution in [0.25, 0.3) is 0 Å². The van der Waals surface area contributed by atoms with Crippen molar-refractivity contribution in [2.75, 3.05) is 26.7 Å². The van der Waals surface area contributed by atoms with E-state index >= 15 is 0 Å². The Morgan fingerprint density at radius 3 is 2.70 bits per heavy atom. The van der Waals surface area contributed by atoms with E-state index in [-0.39, 0.29) is 6.61 Å². The van der Waals surface area contributed by atoms with Gasteiger partial charge in [0.1, 0.15) is 0 Å². The quantitative estimate of drug-likeness (QED) is 0.440. The van der Waals surface area contributed by atoms with E-state index in [2.05, 4.69) is 10.8 Å². The van der Waals surface area contributed by atoms with E-state index in [9.17, 15) is 0 Å². The van der Waals surface area contributed by atoms with Crippen molar-refractivity contribution in [3.05, 3.63) is 0 Å². The molecule has 0 bridgehead atoms. The summed E-state index contributed by atoms with van der Waals surface area (Å²) in [4.78, 5) is 2.07. The van der Waals surface area contributed by atoms with E-state index in [1.165, 1.54) is 0 Å². The van der Waals surface area contributed by atoms with Gasteiger partial charge in [-0.3, -0.25) is 4.90 Å². The second kappa shape index (κ2) is 6.60. The van der Waals surface area contributed by atoms with Gasteiger partial charge in [0.25, 0.3) is 0 Å². The van der Waals surface area contributed by atoms with Crippen LogP contribution in [0.5, 0.6) is 0 Å². The van der Waals surface area contributed by atoms with Gasteiger partial charge in [-0.1, -0.05) is 5.92 Å². The third-order valence-corrected chi connectivity index (χ3v) is 1.31. The van der Waals surface area contributed by atoms with E-state index in [0.29, 0.717) is 6.54 Å². The molecular weight excluding hydrogens is 126 g/mol. The normalized spacial score (nSPS) is 9.80. The highest BCUT2D eigenvalue weighted by Gasteiger charge is 1.93. The number of aliphatic hydroxyl groups excluding tert-OH is 1.